The molecule has 1 aromatic heterocycles. The Morgan fingerprint density at radius 1 is 1.24 bits per heavy atom. The largest absolute Gasteiger partial charge is 0.497 e. The van der Waals surface area contributed by atoms with Gasteiger partial charge in [-0.15, -0.1) is 0 Å². The third-order valence-corrected chi connectivity index (χ3v) is 4.37. The second kappa shape index (κ2) is 6.27. The molecular weight excluding hydrogens is 260 g/mol. The highest BCUT2D eigenvalue weighted by molar-refractivity contribution is 5.32. The molecule has 110 valence electrons. The Hall–Kier alpha value is -1.87. The smallest absolute Gasteiger partial charge is 0.119 e. The summed E-state index contributed by atoms with van der Waals surface area (Å²) >= 11 is 0. The number of pyridine rings is 1. The second-order valence-corrected chi connectivity index (χ2v) is 5.82. The van der Waals surface area contributed by atoms with Gasteiger partial charge in [0.05, 0.1) is 7.11 Å². The molecule has 1 aromatic carbocycles. The van der Waals surface area contributed by atoms with Crippen LogP contribution in [0, 0.1) is 0 Å². The topological polar surface area (TPSA) is 34.1 Å². The van der Waals surface area contributed by atoms with E-state index in [1.54, 1.807) is 7.11 Å². The number of ether oxygens (including phenoxy) is 1. The van der Waals surface area contributed by atoms with Gasteiger partial charge in [-0.05, 0) is 55.0 Å². The van der Waals surface area contributed by atoms with Crippen molar-refractivity contribution in [2.45, 2.75) is 37.8 Å². The van der Waals surface area contributed by atoms with Crippen molar-refractivity contribution in [2.24, 2.45) is 0 Å². The predicted octanol–water partition coefficient (Wildman–Crippen LogP) is 3.69. The van der Waals surface area contributed by atoms with Crippen LogP contribution in [-0.4, -0.2) is 18.1 Å². The van der Waals surface area contributed by atoms with Crippen LogP contribution in [0.25, 0.3) is 0 Å². The first-order valence-corrected chi connectivity index (χ1v) is 7.56. The fourth-order valence-electron chi connectivity index (χ4n) is 3.00. The zero-order chi connectivity index (χ0) is 14.7. The van der Waals surface area contributed by atoms with Crippen LogP contribution in [0.2, 0.25) is 0 Å². The van der Waals surface area contributed by atoms with Gasteiger partial charge in [0.15, 0.2) is 0 Å². The van der Waals surface area contributed by atoms with Gasteiger partial charge in [0.1, 0.15) is 5.75 Å². The lowest BCUT2D eigenvalue weighted by atomic mass is 9.75. The van der Waals surface area contributed by atoms with Crippen molar-refractivity contribution in [3.8, 4) is 5.75 Å². The van der Waals surface area contributed by atoms with Gasteiger partial charge in [0.2, 0.25) is 0 Å². The molecule has 3 nitrogen and oxygen atoms in total. The number of hydrogen-bond donors (Lipinski definition) is 1. The average molecular weight is 282 g/mol. The Morgan fingerprint density at radius 3 is 2.81 bits per heavy atom. The van der Waals surface area contributed by atoms with E-state index in [1.807, 2.05) is 24.5 Å². The molecule has 3 heteroatoms. The van der Waals surface area contributed by atoms with Crippen molar-refractivity contribution < 1.29 is 4.74 Å². The molecular formula is C18H22N2O. The first-order valence-electron chi connectivity index (χ1n) is 7.56. The fourth-order valence-corrected chi connectivity index (χ4v) is 3.00. The Labute approximate surface area is 126 Å². The van der Waals surface area contributed by atoms with E-state index in [0.29, 0.717) is 18.0 Å². The molecule has 3 rings (SSSR count). The summed E-state index contributed by atoms with van der Waals surface area (Å²) in [6.07, 6.45) is 6.14. The highest BCUT2D eigenvalue weighted by Crippen LogP contribution is 2.38. The summed E-state index contributed by atoms with van der Waals surface area (Å²) in [5.41, 5.74) is 2.64. The first kappa shape index (κ1) is 14.1. The van der Waals surface area contributed by atoms with Crippen LogP contribution >= 0.6 is 0 Å². The van der Waals surface area contributed by atoms with E-state index in [4.69, 9.17) is 4.74 Å². The van der Waals surface area contributed by atoms with Crippen molar-refractivity contribution in [3.05, 3.63) is 59.9 Å². The summed E-state index contributed by atoms with van der Waals surface area (Å²) in [5, 5.41) is 3.69. The van der Waals surface area contributed by atoms with Crippen LogP contribution in [-0.2, 0) is 0 Å². The molecule has 0 aliphatic heterocycles. The number of methoxy groups -OCH3 is 1. The van der Waals surface area contributed by atoms with Crippen LogP contribution in [0.5, 0.6) is 5.75 Å². The van der Waals surface area contributed by atoms with Crippen molar-refractivity contribution in [1.82, 2.24) is 10.3 Å². The zero-order valence-electron chi connectivity index (χ0n) is 12.6. The number of benzene rings is 1. The van der Waals surface area contributed by atoms with Crippen LogP contribution in [0.3, 0.4) is 0 Å². The quantitative estimate of drug-likeness (QED) is 0.908. The van der Waals surface area contributed by atoms with E-state index in [-0.39, 0.29) is 0 Å². The lowest BCUT2D eigenvalue weighted by Gasteiger charge is -2.38. The van der Waals surface area contributed by atoms with E-state index in [0.717, 1.165) is 5.75 Å². The molecule has 0 radical (unpaired) electrons. The summed E-state index contributed by atoms with van der Waals surface area (Å²) in [4.78, 5) is 4.18. The number of nitrogens with one attached hydrogen (secondary N) is 1. The minimum Gasteiger partial charge on any atom is -0.497 e. The predicted molar refractivity (Wildman–Crippen MR) is 84.5 cm³/mol. The van der Waals surface area contributed by atoms with Crippen LogP contribution in [0.15, 0.2) is 48.8 Å². The summed E-state index contributed by atoms with van der Waals surface area (Å²) in [5.74, 6) is 1.60. The molecule has 1 unspecified atom stereocenters. The van der Waals surface area contributed by atoms with E-state index in [1.165, 1.54) is 24.0 Å². The molecule has 0 spiro atoms. The van der Waals surface area contributed by atoms with Gasteiger partial charge in [-0.25, -0.2) is 0 Å². The second-order valence-electron chi connectivity index (χ2n) is 5.82. The SMILES string of the molecule is COc1cccc(C2CC(NC(C)c3cccnc3)C2)c1. The number of hydrogen-bond acceptors (Lipinski definition) is 3. The molecule has 0 bridgehead atoms. The van der Waals surface area contributed by atoms with Crippen molar-refractivity contribution in [3.63, 3.8) is 0 Å². The summed E-state index contributed by atoms with van der Waals surface area (Å²) in [6, 6.07) is 13.5. The average Bonchev–Trinajstić information content (AvgIpc) is 2.51. The maximum absolute atomic E-state index is 5.30. The molecule has 0 saturated heterocycles. The highest BCUT2D eigenvalue weighted by Gasteiger charge is 2.31. The van der Waals surface area contributed by atoms with Gasteiger partial charge in [0, 0.05) is 24.5 Å². The Balaban J connectivity index is 1.54. The first-order chi connectivity index (χ1) is 10.3. The van der Waals surface area contributed by atoms with Crippen LogP contribution < -0.4 is 10.1 Å². The number of aromatic nitrogens is 1. The lowest BCUT2D eigenvalue weighted by molar-refractivity contribution is 0.270. The molecule has 0 amide bonds. The Kier molecular flexibility index (Phi) is 4.20. The molecule has 1 heterocycles. The van der Waals surface area contributed by atoms with Gasteiger partial charge in [-0.2, -0.15) is 0 Å². The maximum Gasteiger partial charge on any atom is 0.119 e. The highest BCUT2D eigenvalue weighted by atomic mass is 16.5. The molecule has 1 aliphatic rings. The van der Waals surface area contributed by atoms with Gasteiger partial charge >= 0.3 is 0 Å². The summed E-state index contributed by atoms with van der Waals surface area (Å²) in [6.45, 7) is 2.20. The van der Waals surface area contributed by atoms with E-state index >= 15 is 0 Å². The molecule has 1 aliphatic carbocycles. The third-order valence-electron chi connectivity index (χ3n) is 4.37. The van der Waals surface area contributed by atoms with Crippen LogP contribution in [0.4, 0.5) is 0 Å². The zero-order valence-corrected chi connectivity index (χ0v) is 12.6. The van der Waals surface area contributed by atoms with Crippen molar-refractivity contribution in [2.75, 3.05) is 7.11 Å². The van der Waals surface area contributed by atoms with E-state index in [2.05, 4.69) is 41.5 Å². The summed E-state index contributed by atoms with van der Waals surface area (Å²) in [7, 11) is 1.72. The van der Waals surface area contributed by atoms with E-state index in [9.17, 15) is 0 Å². The molecule has 1 N–H and O–H groups in total. The molecule has 21 heavy (non-hydrogen) atoms. The number of rotatable bonds is 5. The number of nitrogens with zero attached hydrogens (tertiary/aromatic N) is 1. The lowest BCUT2D eigenvalue weighted by Crippen LogP contribution is -2.41. The van der Waals surface area contributed by atoms with Gasteiger partial charge in [-0.3, -0.25) is 4.98 Å². The van der Waals surface area contributed by atoms with Gasteiger partial charge < -0.3 is 10.1 Å². The molecule has 1 saturated carbocycles. The van der Waals surface area contributed by atoms with Crippen molar-refractivity contribution in [1.29, 1.82) is 0 Å². The molecule has 1 atom stereocenters. The Morgan fingerprint density at radius 2 is 2.10 bits per heavy atom. The van der Waals surface area contributed by atoms with E-state index < -0.39 is 0 Å². The summed E-state index contributed by atoms with van der Waals surface area (Å²) < 4.78 is 5.30. The monoisotopic (exact) mass is 282 g/mol. The van der Waals surface area contributed by atoms with Crippen LogP contribution in [0.1, 0.15) is 42.9 Å². The standard InChI is InChI=1S/C18H22N2O/c1-13(15-6-4-8-19-12-15)20-17-9-16(10-17)14-5-3-7-18(11-14)21-2/h3-8,11-13,16-17,20H,9-10H2,1-2H3. The molecule has 1 fully saturated rings. The normalized spacial score (nSPS) is 22.4. The fraction of sp³-hybridized carbons (Fsp3) is 0.389. The van der Waals surface area contributed by atoms with Gasteiger partial charge in [0.25, 0.3) is 0 Å². The minimum atomic E-state index is 0.356. The van der Waals surface area contributed by atoms with Crippen molar-refractivity contribution >= 4 is 0 Å². The third kappa shape index (κ3) is 3.24. The minimum absolute atomic E-state index is 0.356. The molecule has 2 aromatic rings. The van der Waals surface area contributed by atoms with Gasteiger partial charge in [-0.1, -0.05) is 18.2 Å². The maximum atomic E-state index is 5.30. The Bertz CT molecular complexity index is 579.